The fourth-order valence-corrected chi connectivity index (χ4v) is 2.16. The maximum absolute atomic E-state index is 11.8. The molecule has 0 bridgehead atoms. The van der Waals surface area contributed by atoms with Crippen molar-refractivity contribution in [2.75, 3.05) is 6.61 Å². The monoisotopic (exact) mass is 188 g/mol. The number of carbonyl (C=O) groups is 1. The molecular weight excluding hydrogens is 176 g/mol. The van der Waals surface area contributed by atoms with Crippen molar-refractivity contribution in [1.29, 1.82) is 0 Å². The number of rotatable bonds is 1. The SMILES string of the molecule is O=C1[C@H]2C[C@H]2CO[C@@H]1c1ccccc1. The van der Waals surface area contributed by atoms with Crippen LogP contribution in [0.4, 0.5) is 0 Å². The molecule has 2 fully saturated rings. The third kappa shape index (κ3) is 1.18. The predicted octanol–water partition coefficient (Wildman–Crippen LogP) is 1.96. The molecule has 0 spiro atoms. The molecule has 2 aliphatic rings. The van der Waals surface area contributed by atoms with E-state index in [-0.39, 0.29) is 11.9 Å². The average molecular weight is 188 g/mol. The van der Waals surface area contributed by atoms with Crippen molar-refractivity contribution in [1.82, 2.24) is 0 Å². The van der Waals surface area contributed by atoms with Crippen LogP contribution in [-0.4, -0.2) is 12.4 Å². The summed E-state index contributed by atoms with van der Waals surface area (Å²) in [6, 6.07) is 9.78. The average Bonchev–Trinajstić information content (AvgIpc) is 3.00. The molecule has 2 heteroatoms. The number of Topliss-reactive ketones (excluding diaryl/α,β-unsaturated/α-hetero) is 1. The van der Waals surface area contributed by atoms with Crippen LogP contribution in [0.2, 0.25) is 0 Å². The molecule has 1 aromatic rings. The van der Waals surface area contributed by atoms with Gasteiger partial charge in [-0.15, -0.1) is 0 Å². The molecule has 14 heavy (non-hydrogen) atoms. The molecule has 1 aromatic carbocycles. The van der Waals surface area contributed by atoms with Crippen molar-refractivity contribution in [3.8, 4) is 0 Å². The maximum atomic E-state index is 11.8. The van der Waals surface area contributed by atoms with Gasteiger partial charge in [-0.2, -0.15) is 0 Å². The van der Waals surface area contributed by atoms with Crippen molar-refractivity contribution in [2.45, 2.75) is 12.5 Å². The molecule has 1 aliphatic heterocycles. The Kier molecular flexibility index (Phi) is 1.71. The first-order chi connectivity index (χ1) is 6.86. The Hall–Kier alpha value is -1.15. The zero-order valence-electron chi connectivity index (χ0n) is 7.85. The van der Waals surface area contributed by atoms with Crippen molar-refractivity contribution in [3.05, 3.63) is 35.9 Å². The lowest BCUT2D eigenvalue weighted by Crippen LogP contribution is -2.24. The Morgan fingerprint density at radius 1 is 1.21 bits per heavy atom. The van der Waals surface area contributed by atoms with Crippen LogP contribution in [0.1, 0.15) is 18.1 Å². The number of ketones is 1. The summed E-state index contributed by atoms with van der Waals surface area (Å²) in [5, 5.41) is 0. The van der Waals surface area contributed by atoms with Crippen LogP contribution in [-0.2, 0) is 9.53 Å². The van der Waals surface area contributed by atoms with Gasteiger partial charge in [-0.1, -0.05) is 30.3 Å². The Labute approximate surface area is 82.9 Å². The quantitative estimate of drug-likeness (QED) is 0.673. The first-order valence-electron chi connectivity index (χ1n) is 5.06. The summed E-state index contributed by atoms with van der Waals surface area (Å²) in [6.45, 7) is 0.760. The third-order valence-corrected chi connectivity index (χ3v) is 3.13. The highest BCUT2D eigenvalue weighted by atomic mass is 16.5. The summed E-state index contributed by atoms with van der Waals surface area (Å²) >= 11 is 0. The Bertz CT molecular complexity index is 358. The van der Waals surface area contributed by atoms with Gasteiger partial charge in [-0.3, -0.25) is 4.79 Å². The molecule has 0 aromatic heterocycles. The van der Waals surface area contributed by atoms with Gasteiger partial charge in [0.05, 0.1) is 6.61 Å². The predicted molar refractivity (Wildman–Crippen MR) is 51.7 cm³/mol. The van der Waals surface area contributed by atoms with Crippen LogP contribution in [0, 0.1) is 11.8 Å². The molecule has 72 valence electrons. The van der Waals surface area contributed by atoms with E-state index in [0.717, 1.165) is 18.6 Å². The third-order valence-electron chi connectivity index (χ3n) is 3.13. The molecular formula is C12H12O2. The van der Waals surface area contributed by atoms with E-state index in [1.165, 1.54) is 0 Å². The number of fused-ring (bicyclic) bond motifs is 1. The first-order valence-corrected chi connectivity index (χ1v) is 5.06. The topological polar surface area (TPSA) is 26.3 Å². The van der Waals surface area contributed by atoms with Gasteiger partial charge in [0.2, 0.25) is 0 Å². The van der Waals surface area contributed by atoms with Gasteiger partial charge in [-0.25, -0.2) is 0 Å². The normalized spacial score (nSPS) is 35.1. The second kappa shape index (κ2) is 2.92. The van der Waals surface area contributed by atoms with Crippen LogP contribution in [0.5, 0.6) is 0 Å². The van der Waals surface area contributed by atoms with E-state index in [0.29, 0.717) is 11.8 Å². The largest absolute Gasteiger partial charge is 0.365 e. The number of hydrogen-bond donors (Lipinski definition) is 0. The number of carbonyl (C=O) groups excluding carboxylic acids is 1. The molecule has 1 aliphatic carbocycles. The van der Waals surface area contributed by atoms with E-state index >= 15 is 0 Å². The number of ether oxygens (including phenoxy) is 1. The fraction of sp³-hybridized carbons (Fsp3) is 0.417. The van der Waals surface area contributed by atoms with Gasteiger partial charge in [0.25, 0.3) is 0 Å². The van der Waals surface area contributed by atoms with E-state index < -0.39 is 0 Å². The van der Waals surface area contributed by atoms with Crippen molar-refractivity contribution in [2.24, 2.45) is 11.8 Å². The lowest BCUT2D eigenvalue weighted by atomic mass is 10.00. The summed E-state index contributed by atoms with van der Waals surface area (Å²) in [7, 11) is 0. The van der Waals surface area contributed by atoms with Crippen LogP contribution in [0.15, 0.2) is 30.3 Å². The fourth-order valence-electron chi connectivity index (χ4n) is 2.16. The molecule has 1 saturated carbocycles. The van der Waals surface area contributed by atoms with Gasteiger partial charge < -0.3 is 4.74 Å². The van der Waals surface area contributed by atoms with Gasteiger partial charge in [-0.05, 0) is 17.9 Å². The minimum Gasteiger partial charge on any atom is -0.365 e. The zero-order chi connectivity index (χ0) is 9.54. The first kappa shape index (κ1) is 8.18. The van der Waals surface area contributed by atoms with Gasteiger partial charge in [0.15, 0.2) is 5.78 Å². The van der Waals surface area contributed by atoms with Gasteiger partial charge in [0.1, 0.15) is 6.10 Å². The minimum absolute atomic E-state index is 0.285. The van der Waals surface area contributed by atoms with Crippen LogP contribution in [0.3, 0.4) is 0 Å². The lowest BCUT2D eigenvalue weighted by molar-refractivity contribution is -0.137. The number of benzene rings is 1. The number of hydrogen-bond acceptors (Lipinski definition) is 2. The molecule has 0 N–H and O–H groups in total. The standard InChI is InChI=1S/C12H12O2/c13-11-10-6-9(10)7-14-12(11)8-4-2-1-3-5-8/h1-5,9-10,12H,6-7H2/t9-,10-,12+/m0/s1. The summed E-state index contributed by atoms with van der Waals surface area (Å²) in [5.41, 5.74) is 1.00. The minimum atomic E-state index is -0.292. The Morgan fingerprint density at radius 2 is 2.00 bits per heavy atom. The second-order valence-corrected chi connectivity index (χ2v) is 4.13. The Balaban J connectivity index is 1.88. The van der Waals surface area contributed by atoms with Crippen LogP contribution >= 0.6 is 0 Å². The summed E-state index contributed by atoms with van der Waals surface area (Å²) in [4.78, 5) is 11.8. The van der Waals surface area contributed by atoms with Crippen molar-refractivity contribution >= 4 is 5.78 Å². The second-order valence-electron chi connectivity index (χ2n) is 4.13. The lowest BCUT2D eigenvalue weighted by Gasteiger charge is -2.21. The summed E-state index contributed by atoms with van der Waals surface area (Å²) < 4.78 is 5.58. The summed E-state index contributed by atoms with van der Waals surface area (Å²) in [6.07, 6.45) is 0.752. The zero-order valence-corrected chi connectivity index (χ0v) is 7.85. The molecule has 2 nitrogen and oxygen atoms in total. The van der Waals surface area contributed by atoms with Crippen LogP contribution in [0.25, 0.3) is 0 Å². The highest BCUT2D eigenvalue weighted by Crippen LogP contribution is 2.47. The van der Waals surface area contributed by atoms with E-state index in [1.807, 2.05) is 30.3 Å². The molecule has 3 atom stereocenters. The molecule has 1 saturated heterocycles. The van der Waals surface area contributed by atoms with Crippen molar-refractivity contribution in [3.63, 3.8) is 0 Å². The molecule has 0 unspecified atom stereocenters. The van der Waals surface area contributed by atoms with Gasteiger partial charge >= 0.3 is 0 Å². The van der Waals surface area contributed by atoms with Crippen molar-refractivity contribution < 1.29 is 9.53 Å². The molecule has 3 rings (SSSR count). The van der Waals surface area contributed by atoms with E-state index in [1.54, 1.807) is 0 Å². The summed E-state index contributed by atoms with van der Waals surface area (Å²) in [5.74, 6) is 1.11. The van der Waals surface area contributed by atoms with Crippen LogP contribution < -0.4 is 0 Å². The smallest absolute Gasteiger partial charge is 0.169 e. The maximum Gasteiger partial charge on any atom is 0.169 e. The molecule has 1 heterocycles. The van der Waals surface area contributed by atoms with E-state index in [9.17, 15) is 4.79 Å². The van der Waals surface area contributed by atoms with Gasteiger partial charge in [0, 0.05) is 5.92 Å². The van der Waals surface area contributed by atoms with E-state index in [2.05, 4.69) is 0 Å². The molecule has 0 amide bonds. The van der Waals surface area contributed by atoms with E-state index in [4.69, 9.17) is 4.74 Å². The Morgan fingerprint density at radius 3 is 2.79 bits per heavy atom. The molecule has 0 radical (unpaired) electrons. The highest BCUT2D eigenvalue weighted by Gasteiger charge is 2.50. The highest BCUT2D eigenvalue weighted by molar-refractivity contribution is 5.89.